The Bertz CT molecular complexity index is 6870. The van der Waals surface area contributed by atoms with Crippen molar-refractivity contribution < 1.29 is 232 Å². The monoisotopic (exact) mass is 2470 g/mol. The maximum absolute atomic E-state index is 12.6. The Balaban J connectivity index is -0.000000452. The fourth-order valence-electron chi connectivity index (χ4n) is 10.3. The third-order valence-electron chi connectivity index (χ3n) is 16.5. The number of alkyl halides is 1. The molecule has 2 unspecified atom stereocenters. The zero-order chi connectivity index (χ0) is 131. The van der Waals surface area contributed by atoms with Gasteiger partial charge in [0.1, 0.15) is 39.7 Å². The minimum absolute atomic E-state index is 0. The predicted molar refractivity (Wildman–Crippen MR) is 570 cm³/mol. The van der Waals surface area contributed by atoms with Crippen LogP contribution in [0.3, 0.4) is 0 Å². The van der Waals surface area contributed by atoms with Gasteiger partial charge in [0.2, 0.25) is 21.3 Å². The molecule has 11 aromatic rings. The molecule has 140 heavy (non-hydrogen) atoms. The molecule has 33 nitrogen and oxygen atoms in total. The van der Waals surface area contributed by atoms with Crippen LogP contribution in [0, 0.1) is 50.0 Å². The molecule has 3 aromatic heterocycles. The molecule has 752 valence electrons. The zero-order valence-electron chi connectivity index (χ0n) is 110. The van der Waals surface area contributed by atoms with Crippen molar-refractivity contribution in [1.82, 2.24) is 34.4 Å². The third-order valence-corrected chi connectivity index (χ3v) is 19.8. The fourth-order valence-corrected chi connectivity index (χ4v) is 12.4. The Morgan fingerprint density at radius 2 is 1.06 bits per heavy atom. The average molecular weight is 2480 g/mol. The molecule has 0 bridgehead atoms. The van der Waals surface area contributed by atoms with E-state index in [9.17, 15) is 39.1 Å². The molecule has 0 radical (unpaired) electrons. The van der Waals surface area contributed by atoms with Gasteiger partial charge in [-0.05, 0) is 261 Å². The molecule has 7 N–H and O–H groups in total. The number of aromatic nitrogens is 6. The van der Waals surface area contributed by atoms with E-state index in [2.05, 4.69) is 120 Å². The first-order valence-electron chi connectivity index (χ1n) is 54.6. The molecule has 1 fully saturated rings. The Kier molecular flexibility index (Phi) is 52.6. The second-order valence-electron chi connectivity index (χ2n) is 26.9. The number of aryl methyl sites for hydroxylation is 2. The molecule has 1 saturated heterocycles. The quantitative estimate of drug-likeness (QED) is 0.00603. The number of nitro groups is 3. The van der Waals surface area contributed by atoms with Crippen molar-refractivity contribution in [3.63, 3.8) is 0 Å². The Morgan fingerprint density at radius 3 is 1.46 bits per heavy atom. The van der Waals surface area contributed by atoms with E-state index in [1.807, 2.05) is 77.9 Å². The molecule has 0 saturated carbocycles. The van der Waals surface area contributed by atoms with Gasteiger partial charge in [-0.1, -0.05) is 135 Å². The number of carbonyl (C=O) groups is 2. The molecule has 0 spiro atoms. The molecule has 1 aliphatic heterocycles. The number of benzene rings is 8. The Labute approximate surface area is 1040 Å². The molecule has 4 heterocycles. The second-order valence-corrected chi connectivity index (χ2v) is 34.0. The fraction of sp³-hybridized carbons (Fsp3) is 0.378. The molecular formula is C90H119BBr5Cl3F2K2N14Na2O19S2. The standard InChI is InChI=1S/C17H25BN2O2.C17H19BrN2O3.C11H13BrN2.C11H17NO.C9H11BrN2O2.C9H13BrN2.C6H3BrFNO2.C4H2Cl2N2.C2H4O2.C2H6O.CH3F.CH2O3.ClH.2K.2Na.O3S2.H/c1-11(2)20-12(3)19-14-9-8-13(10-15(14)20)18-21-16(4,5)17(6,7)22-18;1-12(2)19(11-13-4-7-15(23-3)8-5-13)17-10-14(18)6-9-16(17)20(21)22;1-7(2)14-8(3)13-10-5-4-9(12)6-11(10)14;1-9(2)12-8-10-4-6-11(13-3)7-5-10;1-6(2)11-8-5-7(10)3-4-9(8)12(13)14;1-6(2)12-9-5-7(10)3-4-8(9)11;7-4-1-2-6(9(10)11)5(8)3-4;5-3-1-2-7-4(6)8-3;1-2(3)4;1-2-3;1-2;2-1-4-3;;;;;;1-4-5(2)3;/h8-11H,1-7H3;4-10,12H,11H2,1-3H3;4-7H,1-3H3;4-7,9,12H,8H2,1-3H3;3-6,11H,1-2H3;3-6,12H,11H2,1-2H3;1-3H;1-2H;1H3,(H,3,4);3H,2H2,1H3;1H3;1,3H;1H;;;;;;/q;;;;;;;;;;;;;2*+1;;;;-1/p-1/i1D3;1D3,2D3;1D3;3*1D3,2D3;;;;;1D;;;;;;;;. The summed E-state index contributed by atoms with van der Waals surface area (Å²) in [5.74, 6) is 1.000. The number of imidazole rings is 2. The van der Waals surface area contributed by atoms with Crippen LogP contribution in [0.25, 0.3) is 22.1 Å². The summed E-state index contributed by atoms with van der Waals surface area (Å²) in [6.07, 6.45) is 1.50. The molecule has 12 rings (SSSR count). The summed E-state index contributed by atoms with van der Waals surface area (Å²) in [6, 6.07) is 34.4. The van der Waals surface area contributed by atoms with Crippen molar-refractivity contribution in [3.8, 4) is 11.5 Å². The summed E-state index contributed by atoms with van der Waals surface area (Å²) in [4.78, 5) is 67.8. The summed E-state index contributed by atoms with van der Waals surface area (Å²) in [5, 5.41) is 63.8. The Morgan fingerprint density at radius 1 is 0.664 bits per heavy atom. The van der Waals surface area contributed by atoms with E-state index in [1.165, 1.54) is 93.3 Å². The van der Waals surface area contributed by atoms with Gasteiger partial charge in [-0.3, -0.25) is 44.3 Å². The van der Waals surface area contributed by atoms with Gasteiger partial charge in [0.15, 0.2) is 0 Å². The number of fused-ring (bicyclic) bond motifs is 2. The molecule has 2 atom stereocenters. The second kappa shape index (κ2) is 78.1. The van der Waals surface area contributed by atoms with Gasteiger partial charge in [-0.25, -0.2) is 19.9 Å². The molecule has 8 aromatic carbocycles. The van der Waals surface area contributed by atoms with Gasteiger partial charge in [-0.2, -0.15) is 17.0 Å². The van der Waals surface area contributed by atoms with Crippen molar-refractivity contribution >= 4 is 265 Å². The number of nitro benzene ring substituents is 3. The van der Waals surface area contributed by atoms with E-state index in [1.54, 1.807) is 110 Å². The van der Waals surface area contributed by atoms with Crippen molar-refractivity contribution in [2.75, 3.05) is 49.2 Å². The number of halogens is 10. The number of nitrogens with one attached hydrogen (secondary N) is 3. The van der Waals surface area contributed by atoms with Crippen LogP contribution in [0.4, 0.5) is 48.6 Å². The number of hydrogen-bond donors (Lipinski definition) is 6. The number of carboxylic acid groups (broad SMARTS) is 1. The van der Waals surface area contributed by atoms with Crippen LogP contribution in [0.5, 0.6) is 11.5 Å². The number of anilines is 4. The number of nitrogens with zero attached hydrogens (tertiary/aromatic N) is 10. The maximum atomic E-state index is 12.6. The molecule has 1 aliphatic rings. The van der Waals surface area contributed by atoms with E-state index >= 15 is 0 Å². The van der Waals surface area contributed by atoms with Crippen molar-refractivity contribution in [1.29, 1.82) is 0 Å². The van der Waals surface area contributed by atoms with Crippen LogP contribution in [-0.2, 0) is 56.4 Å². The molecular weight excluding hydrogens is 2320 g/mol. The van der Waals surface area contributed by atoms with E-state index in [0.717, 1.165) is 73.4 Å². The van der Waals surface area contributed by atoms with Crippen LogP contribution >= 0.6 is 115 Å². The number of aliphatic carboxylic acids is 1. The topological polar surface area (TPSA) is 451 Å². The third kappa shape index (κ3) is 57.4. The first-order chi connectivity index (χ1) is 76.7. The normalized spacial score (nSPS) is 15.6. The van der Waals surface area contributed by atoms with Gasteiger partial charge >= 0.3 is 168 Å². The van der Waals surface area contributed by atoms with Crippen LogP contribution in [0.15, 0.2) is 192 Å². The number of carbonyl (C=O) groups excluding carboxylic acids is 1. The molecule has 50 heteroatoms. The summed E-state index contributed by atoms with van der Waals surface area (Å²) >= 11 is 29.5. The zero-order valence-corrected chi connectivity index (χ0v) is 100. The number of aliphatic hydroxyl groups excluding tert-OH is 1. The summed E-state index contributed by atoms with van der Waals surface area (Å²) in [6.45, 7) is -8.15. The van der Waals surface area contributed by atoms with E-state index in [4.69, 9.17) is 128 Å². The van der Waals surface area contributed by atoms with E-state index in [-0.39, 0.29) is 176 Å². The summed E-state index contributed by atoms with van der Waals surface area (Å²) in [7, 11) is -1.36. The van der Waals surface area contributed by atoms with Crippen molar-refractivity contribution in [2.45, 2.75) is 198 Å². The number of nitrogens with two attached hydrogens (primary N) is 1. The number of aliphatic hydroxyl groups is 1. The van der Waals surface area contributed by atoms with Crippen LogP contribution < -0.4 is 150 Å². The van der Waals surface area contributed by atoms with Gasteiger partial charge in [0, 0.05) is 151 Å². The van der Waals surface area contributed by atoms with Gasteiger partial charge in [0.05, 0.1) is 82.2 Å². The van der Waals surface area contributed by atoms with Crippen molar-refractivity contribution in [3.05, 3.63) is 262 Å². The van der Waals surface area contributed by atoms with Crippen molar-refractivity contribution in [2.24, 2.45) is 0 Å². The first kappa shape index (κ1) is 94.3. The molecule has 0 aliphatic carbocycles. The Hall–Kier alpha value is -4.17. The van der Waals surface area contributed by atoms with Crippen LogP contribution in [-0.4, -0.2) is 193 Å². The summed E-state index contributed by atoms with van der Waals surface area (Å²) < 4.78 is 307. The van der Waals surface area contributed by atoms with Crippen LogP contribution in [0.1, 0.15) is 203 Å². The van der Waals surface area contributed by atoms with Gasteiger partial charge in [-0.15, -0.1) is 12.4 Å². The van der Waals surface area contributed by atoms with Gasteiger partial charge < -0.3 is 76.3 Å². The average Bonchev–Trinajstić information content (AvgIpc) is 1.47. The summed E-state index contributed by atoms with van der Waals surface area (Å²) in [5.41, 5.74) is 9.29. The predicted octanol–water partition coefficient (Wildman–Crippen LogP) is 16.1. The van der Waals surface area contributed by atoms with E-state index < -0.39 is 188 Å². The number of hydrogen-bond acceptors (Lipinski definition) is 27. The van der Waals surface area contributed by atoms with Crippen LogP contribution in [0.2, 0.25) is 10.4 Å². The van der Waals surface area contributed by atoms with Gasteiger partial charge in [0.25, 0.3) is 23.8 Å². The molecule has 0 amide bonds. The first-order valence-corrected chi connectivity index (χ1v) is 54.0. The number of carboxylic acids is 1. The number of methoxy groups -OCH3 is 2. The SMILES string of the molecule is CC(=O)O.CCO.Cl.Clc1ccnc(Cl)n1.O=CO[O-].O=S=S(=O)=O.O=[N+]([O-])c1ccc(Br)cc1F.[2H]C([2H])([2H])C(C)n1c(C)nc2ccc(B3OC(C)(C)C(C)(C)O3)cc21.[2H]C([2H])([2H])C(C)n1c(C)nc2ccc(Br)cc21.[2H]C([2H])([2H])C(N(Cc1ccc(OC)cc1)c1cc(Br)ccc1[N+](=O)[O-])C([2H])([2H])[2H].[2H]C([2H])([2H])C(NCc1ccc(OC)cc1)C([2H])([2H])[2H].[2H]C([2H])([2H])C(Nc1cc(Br)ccc1N)C([2H])([2H])[2H].[2H]C([2H])([2H])C(Nc1cc(Br)ccc1[N+](=O)[O-])C([2H])([2H])[2H].[2H]CF.[H-].[K+].[K+].[Na][Na]. The number of nitrogen functional groups attached to an aromatic ring is 1. The minimum atomic E-state index is -2.92. The van der Waals surface area contributed by atoms with E-state index in [0.29, 0.717) is 45.9 Å². The number of ether oxygens (including phenoxy) is 2. The number of rotatable bonds is 20.